The predicted molar refractivity (Wildman–Crippen MR) is 153 cm³/mol. The molecule has 3 aromatic heterocycles. The van der Waals surface area contributed by atoms with Gasteiger partial charge in [0.2, 0.25) is 0 Å². The fraction of sp³-hybridized carbons (Fsp3) is 0.281. The van der Waals surface area contributed by atoms with E-state index in [-0.39, 0.29) is 11.0 Å². The number of imidazole rings is 1. The molecule has 0 bridgehead atoms. The molecule has 2 aromatic carbocycles. The van der Waals surface area contributed by atoms with E-state index in [4.69, 9.17) is 4.98 Å². The number of hydrogen-bond acceptors (Lipinski definition) is 3. The average Bonchev–Trinajstić information content (AvgIpc) is 3.20. The summed E-state index contributed by atoms with van der Waals surface area (Å²) in [4.78, 5) is 25.5. The average molecular weight is 491 g/mol. The third-order valence-corrected chi connectivity index (χ3v) is 6.83. The molecule has 0 atom stereocenters. The molecule has 5 aromatic rings. The van der Waals surface area contributed by atoms with Crippen LogP contribution in [0.2, 0.25) is 0 Å². The first kappa shape index (κ1) is 24.7. The van der Waals surface area contributed by atoms with Crippen LogP contribution in [0.15, 0.2) is 77.9 Å². The first-order valence-corrected chi connectivity index (χ1v) is 12.9. The zero-order valence-corrected chi connectivity index (χ0v) is 22.5. The largest absolute Gasteiger partial charge is 0.328 e. The molecule has 1 N–H and O–H groups in total. The Morgan fingerprint density at radius 3 is 2.43 bits per heavy atom. The summed E-state index contributed by atoms with van der Waals surface area (Å²) in [5.41, 5.74) is 8.77. The van der Waals surface area contributed by atoms with E-state index in [0.717, 1.165) is 45.4 Å². The van der Waals surface area contributed by atoms with Crippen molar-refractivity contribution in [3.05, 3.63) is 94.5 Å². The van der Waals surface area contributed by atoms with Gasteiger partial charge < -0.3 is 9.55 Å². The number of para-hydroxylation sites is 1. The number of fused-ring (bicyclic) bond motifs is 1. The van der Waals surface area contributed by atoms with E-state index in [2.05, 4.69) is 81.0 Å². The van der Waals surface area contributed by atoms with Crippen LogP contribution in [0.3, 0.4) is 0 Å². The molecule has 0 saturated carbocycles. The van der Waals surface area contributed by atoms with Gasteiger partial charge in [0.25, 0.3) is 5.56 Å². The molecule has 0 radical (unpaired) electrons. The minimum atomic E-state index is -0.135. The molecule has 5 nitrogen and oxygen atoms in total. The second kappa shape index (κ2) is 9.47. The van der Waals surface area contributed by atoms with E-state index >= 15 is 0 Å². The lowest BCUT2D eigenvalue weighted by Gasteiger charge is -2.19. The summed E-state index contributed by atoms with van der Waals surface area (Å²) in [6, 6.07) is 20.9. The minimum absolute atomic E-state index is 0.0899. The molecule has 5 heteroatoms. The van der Waals surface area contributed by atoms with Gasteiger partial charge in [-0.2, -0.15) is 0 Å². The number of benzene rings is 2. The molecule has 0 fully saturated rings. The lowest BCUT2D eigenvalue weighted by molar-refractivity contribution is 0.587. The lowest BCUT2D eigenvalue weighted by atomic mass is 9.87. The van der Waals surface area contributed by atoms with Crippen LogP contribution >= 0.6 is 0 Å². The van der Waals surface area contributed by atoms with E-state index in [1.807, 2.05) is 42.1 Å². The van der Waals surface area contributed by atoms with Crippen molar-refractivity contribution in [2.75, 3.05) is 0 Å². The first-order valence-electron chi connectivity index (χ1n) is 12.9. The van der Waals surface area contributed by atoms with E-state index in [0.29, 0.717) is 17.3 Å². The summed E-state index contributed by atoms with van der Waals surface area (Å²) in [6.45, 7) is 10.9. The van der Waals surface area contributed by atoms with E-state index < -0.39 is 0 Å². The Morgan fingerprint density at radius 1 is 0.946 bits per heavy atom. The zero-order valence-electron chi connectivity index (χ0n) is 22.5. The third-order valence-electron chi connectivity index (χ3n) is 6.83. The predicted octanol–water partition coefficient (Wildman–Crippen LogP) is 7.15. The lowest BCUT2D eigenvalue weighted by Crippen LogP contribution is -2.17. The van der Waals surface area contributed by atoms with Crippen molar-refractivity contribution < 1.29 is 0 Å². The molecule has 188 valence electrons. The van der Waals surface area contributed by atoms with Gasteiger partial charge in [-0.15, -0.1) is 0 Å². The van der Waals surface area contributed by atoms with Crippen LogP contribution in [0, 0.1) is 5.92 Å². The molecule has 0 amide bonds. The fourth-order valence-electron chi connectivity index (χ4n) is 4.89. The smallest absolute Gasteiger partial charge is 0.258 e. The summed E-state index contributed by atoms with van der Waals surface area (Å²) in [5.74, 6) is 1.20. The molecule has 0 saturated heterocycles. The van der Waals surface area contributed by atoms with Crippen LogP contribution in [-0.4, -0.2) is 19.5 Å². The fourth-order valence-corrected chi connectivity index (χ4v) is 4.89. The normalized spacial score (nSPS) is 12.0. The van der Waals surface area contributed by atoms with E-state index in [1.165, 1.54) is 5.56 Å². The van der Waals surface area contributed by atoms with Crippen LogP contribution < -0.4 is 5.56 Å². The molecule has 3 heterocycles. The van der Waals surface area contributed by atoms with Crippen LogP contribution in [-0.2, 0) is 18.9 Å². The SMILES string of the molecule is CC(C)Cc1cc(-c2ccccn2)cc(-c2cccc3c2nc(-c2cc(C(C)(C)C)c[nH]c2=O)n3C)c1. The van der Waals surface area contributed by atoms with Gasteiger partial charge in [-0.25, -0.2) is 4.98 Å². The number of hydrogen-bond donors (Lipinski definition) is 1. The van der Waals surface area contributed by atoms with Gasteiger partial charge in [0.15, 0.2) is 0 Å². The van der Waals surface area contributed by atoms with Crippen LogP contribution in [0.5, 0.6) is 0 Å². The Hall–Kier alpha value is -3.99. The van der Waals surface area contributed by atoms with Crippen molar-refractivity contribution >= 4 is 11.0 Å². The summed E-state index contributed by atoms with van der Waals surface area (Å²) in [7, 11) is 1.98. The zero-order chi connectivity index (χ0) is 26.3. The number of aromatic nitrogens is 4. The highest BCUT2D eigenvalue weighted by atomic mass is 16.1. The van der Waals surface area contributed by atoms with Crippen molar-refractivity contribution in [2.45, 2.75) is 46.5 Å². The number of aromatic amines is 1. The van der Waals surface area contributed by atoms with E-state index in [1.54, 1.807) is 6.20 Å². The molecular formula is C32H34N4O. The van der Waals surface area contributed by atoms with Gasteiger partial charge in [0.05, 0.1) is 22.3 Å². The molecule has 37 heavy (non-hydrogen) atoms. The second-order valence-corrected chi connectivity index (χ2v) is 11.3. The second-order valence-electron chi connectivity index (χ2n) is 11.3. The molecule has 0 aliphatic heterocycles. The Labute approximate surface area is 218 Å². The first-order chi connectivity index (χ1) is 17.6. The summed E-state index contributed by atoms with van der Waals surface area (Å²) in [6.07, 6.45) is 4.62. The highest BCUT2D eigenvalue weighted by Crippen LogP contribution is 2.34. The van der Waals surface area contributed by atoms with Gasteiger partial charge in [0.1, 0.15) is 5.82 Å². The number of rotatable bonds is 5. The van der Waals surface area contributed by atoms with Gasteiger partial charge >= 0.3 is 0 Å². The van der Waals surface area contributed by atoms with Gasteiger partial charge in [-0.1, -0.05) is 58.9 Å². The van der Waals surface area contributed by atoms with Crippen molar-refractivity contribution in [1.29, 1.82) is 0 Å². The quantitative estimate of drug-likeness (QED) is 0.284. The topological polar surface area (TPSA) is 63.6 Å². The van der Waals surface area contributed by atoms with Crippen molar-refractivity contribution in [3.8, 4) is 33.8 Å². The number of nitrogens with one attached hydrogen (secondary N) is 1. The monoisotopic (exact) mass is 490 g/mol. The van der Waals surface area contributed by atoms with Gasteiger partial charge in [-0.05, 0) is 70.8 Å². The molecule has 5 rings (SSSR count). The van der Waals surface area contributed by atoms with Crippen molar-refractivity contribution in [2.24, 2.45) is 13.0 Å². The van der Waals surface area contributed by atoms with Crippen molar-refractivity contribution in [1.82, 2.24) is 19.5 Å². The Balaban J connectivity index is 1.72. The number of nitrogens with zero attached hydrogens (tertiary/aromatic N) is 3. The summed E-state index contributed by atoms with van der Waals surface area (Å²) < 4.78 is 2.02. The number of pyridine rings is 2. The maximum Gasteiger partial charge on any atom is 0.258 e. The van der Waals surface area contributed by atoms with Crippen molar-refractivity contribution in [3.63, 3.8) is 0 Å². The molecule has 0 unspecified atom stereocenters. The van der Waals surface area contributed by atoms with Gasteiger partial charge in [-0.3, -0.25) is 9.78 Å². The number of H-pyrrole nitrogens is 1. The Kier molecular flexibility index (Phi) is 6.32. The van der Waals surface area contributed by atoms with Crippen LogP contribution in [0.4, 0.5) is 0 Å². The molecule has 0 spiro atoms. The minimum Gasteiger partial charge on any atom is -0.328 e. The van der Waals surface area contributed by atoms with E-state index in [9.17, 15) is 4.79 Å². The number of aryl methyl sites for hydroxylation is 1. The van der Waals surface area contributed by atoms with Crippen LogP contribution in [0.25, 0.3) is 44.8 Å². The Bertz CT molecular complexity index is 1640. The summed E-state index contributed by atoms with van der Waals surface area (Å²) >= 11 is 0. The highest BCUT2D eigenvalue weighted by Gasteiger charge is 2.20. The van der Waals surface area contributed by atoms with Gasteiger partial charge in [0, 0.05) is 30.6 Å². The van der Waals surface area contributed by atoms with Crippen LogP contribution in [0.1, 0.15) is 45.7 Å². The molecular weight excluding hydrogens is 456 g/mol. The maximum atomic E-state index is 12.9. The Morgan fingerprint density at radius 2 is 1.73 bits per heavy atom. The summed E-state index contributed by atoms with van der Waals surface area (Å²) in [5, 5.41) is 0. The maximum absolute atomic E-state index is 12.9. The third kappa shape index (κ3) is 4.86. The molecule has 0 aliphatic rings. The standard InChI is InChI=1S/C32H34N4O/c1-20(2)14-21-15-22(17-23(16-21)27-11-7-8-13-33-27)25-10-9-12-28-29(25)35-30(36(28)6)26-18-24(32(3,4)5)19-34-31(26)37/h7-13,15-20H,14H2,1-6H3,(H,34,37). The molecule has 0 aliphatic carbocycles. The highest BCUT2D eigenvalue weighted by molar-refractivity contribution is 5.95.